The fraction of sp³-hybridized carbons (Fsp3) is 0.125. The molecule has 0 bridgehead atoms. The number of hydrogen-bond donors (Lipinski definition) is 1. The van der Waals surface area contributed by atoms with Crippen LogP contribution < -0.4 is 5.73 Å². The molecule has 0 saturated carbocycles. The Kier molecular flexibility index (Phi) is 3.74. The Morgan fingerprint density at radius 2 is 2.19 bits per heavy atom. The van der Waals surface area contributed by atoms with Crippen molar-refractivity contribution in [2.24, 2.45) is 0 Å². The first-order chi connectivity index (χ1) is 10.3. The van der Waals surface area contributed by atoms with Crippen LogP contribution in [0.3, 0.4) is 0 Å². The lowest BCUT2D eigenvalue weighted by atomic mass is 10.0. The van der Waals surface area contributed by atoms with Crippen LogP contribution in [0.1, 0.15) is 17.4 Å². The first-order valence-electron chi connectivity index (χ1n) is 6.55. The number of anilines is 1. The van der Waals surface area contributed by atoms with E-state index in [2.05, 4.69) is 29.4 Å². The summed E-state index contributed by atoms with van der Waals surface area (Å²) < 4.78 is 0. The molecule has 0 amide bonds. The molecule has 5 heteroatoms. The SMILES string of the molecule is CCc1ccsc1-c1sc(C#N)c(N)c1-c1cccnc1. The molecule has 2 N–H and O–H groups in total. The van der Waals surface area contributed by atoms with Gasteiger partial charge in [0.15, 0.2) is 0 Å². The zero-order chi connectivity index (χ0) is 14.8. The number of nitriles is 1. The third-order valence-electron chi connectivity index (χ3n) is 3.33. The van der Waals surface area contributed by atoms with E-state index in [0.29, 0.717) is 10.6 Å². The molecule has 0 spiro atoms. The van der Waals surface area contributed by atoms with Gasteiger partial charge in [0.25, 0.3) is 0 Å². The van der Waals surface area contributed by atoms with E-state index < -0.39 is 0 Å². The molecule has 3 rings (SSSR count). The van der Waals surface area contributed by atoms with Crippen LogP contribution >= 0.6 is 22.7 Å². The van der Waals surface area contributed by atoms with E-state index in [-0.39, 0.29) is 0 Å². The van der Waals surface area contributed by atoms with Crippen molar-refractivity contribution in [3.05, 3.63) is 46.4 Å². The highest BCUT2D eigenvalue weighted by Crippen LogP contribution is 2.47. The van der Waals surface area contributed by atoms with Gasteiger partial charge in [-0.05, 0) is 29.5 Å². The summed E-state index contributed by atoms with van der Waals surface area (Å²) in [6.45, 7) is 2.14. The molecule has 3 nitrogen and oxygen atoms in total. The van der Waals surface area contributed by atoms with Crippen molar-refractivity contribution in [3.8, 4) is 27.0 Å². The highest BCUT2D eigenvalue weighted by Gasteiger charge is 2.21. The van der Waals surface area contributed by atoms with Gasteiger partial charge in [0.1, 0.15) is 10.9 Å². The van der Waals surface area contributed by atoms with Gasteiger partial charge in [-0.3, -0.25) is 4.98 Å². The summed E-state index contributed by atoms with van der Waals surface area (Å²) in [5, 5.41) is 11.4. The minimum Gasteiger partial charge on any atom is -0.396 e. The normalized spacial score (nSPS) is 10.5. The lowest BCUT2D eigenvalue weighted by molar-refractivity contribution is 1.16. The standard InChI is InChI=1S/C16H13N3S2/c1-2-10-5-7-20-15(10)16-13(11-4-3-6-19-9-11)14(18)12(8-17)21-16/h3-7,9H,2,18H2,1H3. The molecule has 0 aromatic carbocycles. The maximum absolute atomic E-state index is 9.30. The lowest BCUT2D eigenvalue weighted by Gasteiger charge is -2.05. The van der Waals surface area contributed by atoms with Crippen molar-refractivity contribution >= 4 is 28.4 Å². The van der Waals surface area contributed by atoms with Crippen LogP contribution in [0.15, 0.2) is 36.0 Å². The number of rotatable bonds is 3. The second kappa shape index (κ2) is 5.68. The molecular formula is C16H13N3S2. The molecule has 3 heterocycles. The molecule has 0 saturated heterocycles. The number of pyridine rings is 1. The fourth-order valence-electron chi connectivity index (χ4n) is 2.30. The maximum atomic E-state index is 9.30. The summed E-state index contributed by atoms with van der Waals surface area (Å²) in [7, 11) is 0. The third-order valence-corrected chi connectivity index (χ3v) is 5.56. The van der Waals surface area contributed by atoms with Crippen molar-refractivity contribution in [1.82, 2.24) is 4.98 Å². The summed E-state index contributed by atoms with van der Waals surface area (Å²) in [5.74, 6) is 0. The fourth-order valence-corrected chi connectivity index (χ4v) is 4.52. The zero-order valence-corrected chi connectivity index (χ0v) is 13.1. The van der Waals surface area contributed by atoms with Gasteiger partial charge >= 0.3 is 0 Å². The summed E-state index contributed by atoms with van der Waals surface area (Å²) in [5.41, 5.74) is 9.94. The minimum atomic E-state index is 0.556. The molecule has 0 fully saturated rings. The van der Waals surface area contributed by atoms with Crippen LogP contribution in [-0.2, 0) is 6.42 Å². The van der Waals surface area contributed by atoms with E-state index in [0.717, 1.165) is 22.4 Å². The summed E-state index contributed by atoms with van der Waals surface area (Å²) in [6.07, 6.45) is 4.49. The van der Waals surface area contributed by atoms with Crippen molar-refractivity contribution in [2.45, 2.75) is 13.3 Å². The molecular weight excluding hydrogens is 298 g/mol. The van der Waals surface area contributed by atoms with Gasteiger partial charge in [0, 0.05) is 28.4 Å². The van der Waals surface area contributed by atoms with E-state index in [1.807, 2.05) is 12.1 Å². The predicted molar refractivity (Wildman–Crippen MR) is 89.4 cm³/mol. The Labute approximate surface area is 131 Å². The molecule has 21 heavy (non-hydrogen) atoms. The van der Waals surface area contributed by atoms with Crippen LogP contribution in [0.5, 0.6) is 0 Å². The zero-order valence-electron chi connectivity index (χ0n) is 11.5. The lowest BCUT2D eigenvalue weighted by Crippen LogP contribution is -1.90. The van der Waals surface area contributed by atoms with Gasteiger partial charge in [-0.15, -0.1) is 22.7 Å². The van der Waals surface area contributed by atoms with E-state index in [1.54, 1.807) is 23.7 Å². The average molecular weight is 311 g/mol. The van der Waals surface area contributed by atoms with Crippen molar-refractivity contribution < 1.29 is 0 Å². The van der Waals surface area contributed by atoms with Crippen LogP contribution in [-0.4, -0.2) is 4.98 Å². The quantitative estimate of drug-likeness (QED) is 0.771. The third kappa shape index (κ3) is 2.33. The molecule has 0 aliphatic carbocycles. The largest absolute Gasteiger partial charge is 0.396 e. The van der Waals surface area contributed by atoms with E-state index in [1.165, 1.54) is 21.8 Å². The predicted octanol–water partition coefficient (Wildman–Crippen LogP) is 4.55. The topological polar surface area (TPSA) is 62.7 Å². The molecule has 0 aliphatic heterocycles. The van der Waals surface area contributed by atoms with Crippen molar-refractivity contribution in [1.29, 1.82) is 5.26 Å². The molecule has 0 atom stereocenters. The second-order valence-corrected chi connectivity index (χ2v) is 6.47. The number of aryl methyl sites for hydroxylation is 1. The number of nitrogens with zero attached hydrogens (tertiary/aromatic N) is 2. The Balaban J connectivity index is 2.29. The Bertz CT molecular complexity index is 810. The molecule has 104 valence electrons. The number of nitrogens with two attached hydrogens (primary N) is 1. The monoisotopic (exact) mass is 311 g/mol. The summed E-state index contributed by atoms with van der Waals surface area (Å²) >= 11 is 3.16. The van der Waals surface area contributed by atoms with E-state index >= 15 is 0 Å². The number of thiophene rings is 2. The highest BCUT2D eigenvalue weighted by atomic mass is 32.1. The van der Waals surface area contributed by atoms with Crippen LogP contribution in [0.4, 0.5) is 5.69 Å². The Morgan fingerprint density at radius 3 is 2.86 bits per heavy atom. The molecule has 0 radical (unpaired) electrons. The molecule has 3 aromatic heterocycles. The molecule has 0 aliphatic rings. The number of hydrogen-bond acceptors (Lipinski definition) is 5. The van der Waals surface area contributed by atoms with E-state index in [4.69, 9.17) is 5.73 Å². The van der Waals surface area contributed by atoms with Crippen LogP contribution in [0, 0.1) is 11.3 Å². The minimum absolute atomic E-state index is 0.556. The summed E-state index contributed by atoms with van der Waals surface area (Å²) in [6, 6.07) is 8.20. The first-order valence-corrected chi connectivity index (χ1v) is 8.25. The Morgan fingerprint density at radius 1 is 1.33 bits per heavy atom. The Hall–Kier alpha value is -2.16. The van der Waals surface area contributed by atoms with Crippen molar-refractivity contribution in [2.75, 3.05) is 5.73 Å². The highest BCUT2D eigenvalue weighted by molar-refractivity contribution is 7.22. The number of nitrogen functional groups attached to an aromatic ring is 1. The van der Waals surface area contributed by atoms with Crippen LogP contribution in [0.2, 0.25) is 0 Å². The average Bonchev–Trinajstić information content (AvgIpc) is 3.11. The van der Waals surface area contributed by atoms with Gasteiger partial charge in [-0.25, -0.2) is 0 Å². The van der Waals surface area contributed by atoms with Gasteiger partial charge in [-0.2, -0.15) is 5.26 Å². The molecule has 0 unspecified atom stereocenters. The summed E-state index contributed by atoms with van der Waals surface area (Å²) in [4.78, 5) is 7.02. The second-order valence-electron chi connectivity index (χ2n) is 4.53. The van der Waals surface area contributed by atoms with E-state index in [9.17, 15) is 5.26 Å². The van der Waals surface area contributed by atoms with Gasteiger partial charge in [0.2, 0.25) is 0 Å². The first kappa shape index (κ1) is 13.8. The maximum Gasteiger partial charge on any atom is 0.129 e. The van der Waals surface area contributed by atoms with Crippen molar-refractivity contribution in [3.63, 3.8) is 0 Å². The molecule has 3 aromatic rings. The van der Waals surface area contributed by atoms with Gasteiger partial charge in [-0.1, -0.05) is 13.0 Å². The van der Waals surface area contributed by atoms with Crippen LogP contribution in [0.25, 0.3) is 20.9 Å². The van der Waals surface area contributed by atoms with Gasteiger partial charge in [0.05, 0.1) is 10.6 Å². The number of aromatic nitrogens is 1. The van der Waals surface area contributed by atoms with Gasteiger partial charge < -0.3 is 5.73 Å². The smallest absolute Gasteiger partial charge is 0.129 e.